The zero-order valence-electron chi connectivity index (χ0n) is 17.1. The summed E-state index contributed by atoms with van der Waals surface area (Å²) < 4.78 is 38.6. The Hall–Kier alpha value is -4.32. The number of nitrogens with one attached hydrogen (secondary N) is 3. The van der Waals surface area contributed by atoms with Gasteiger partial charge in [0.05, 0.1) is 10.5 Å². The molecule has 0 heterocycles. The second kappa shape index (κ2) is 10.1. The number of carbonyl (C=O) groups excluding carboxylic acids is 2. The van der Waals surface area contributed by atoms with Crippen molar-refractivity contribution in [3.05, 3.63) is 99.6 Å². The van der Waals surface area contributed by atoms with Crippen LogP contribution in [0, 0.1) is 10.1 Å². The number of alkyl halides is 3. The molecule has 12 heteroatoms. The summed E-state index contributed by atoms with van der Waals surface area (Å²) >= 11 is 5.08. The van der Waals surface area contributed by atoms with E-state index in [4.69, 9.17) is 12.2 Å². The van der Waals surface area contributed by atoms with Crippen LogP contribution in [0.4, 0.5) is 30.2 Å². The van der Waals surface area contributed by atoms with Crippen molar-refractivity contribution >= 4 is 46.2 Å². The second-order valence-electron chi connectivity index (χ2n) is 6.83. The Labute approximate surface area is 195 Å². The Morgan fingerprint density at radius 3 is 2.06 bits per heavy atom. The van der Waals surface area contributed by atoms with E-state index in [-0.39, 0.29) is 27.6 Å². The highest BCUT2D eigenvalue weighted by Gasteiger charge is 2.30. The van der Waals surface area contributed by atoms with Crippen LogP contribution in [0.5, 0.6) is 0 Å². The predicted molar refractivity (Wildman–Crippen MR) is 123 cm³/mol. The normalized spacial score (nSPS) is 10.8. The lowest BCUT2D eigenvalue weighted by atomic mass is 10.1. The van der Waals surface area contributed by atoms with Gasteiger partial charge in [-0.15, -0.1) is 0 Å². The fourth-order valence-electron chi connectivity index (χ4n) is 2.81. The summed E-state index contributed by atoms with van der Waals surface area (Å²) in [5.41, 5.74) is -0.724. The minimum absolute atomic E-state index is 0.0209. The largest absolute Gasteiger partial charge is 0.416 e. The van der Waals surface area contributed by atoms with Crippen LogP contribution in [0.25, 0.3) is 0 Å². The van der Waals surface area contributed by atoms with E-state index in [9.17, 15) is 32.9 Å². The van der Waals surface area contributed by atoms with Gasteiger partial charge in [-0.1, -0.05) is 18.2 Å². The number of nitro benzene ring substituents is 1. The summed E-state index contributed by atoms with van der Waals surface area (Å²) in [5, 5.41) is 18.2. The Morgan fingerprint density at radius 1 is 0.824 bits per heavy atom. The van der Waals surface area contributed by atoms with Crippen LogP contribution in [0.15, 0.2) is 72.8 Å². The van der Waals surface area contributed by atoms with E-state index < -0.39 is 28.5 Å². The first-order chi connectivity index (χ1) is 16.0. The summed E-state index contributed by atoms with van der Waals surface area (Å²) in [6, 6.07) is 15.2. The number of thiocarbonyl (C=S) groups is 1. The van der Waals surface area contributed by atoms with Gasteiger partial charge in [0.1, 0.15) is 0 Å². The molecule has 3 aromatic carbocycles. The van der Waals surface area contributed by atoms with E-state index in [1.807, 2.05) is 0 Å². The molecule has 2 amide bonds. The molecule has 0 saturated heterocycles. The van der Waals surface area contributed by atoms with Crippen LogP contribution in [-0.2, 0) is 6.18 Å². The van der Waals surface area contributed by atoms with Gasteiger partial charge in [-0.05, 0) is 54.7 Å². The third kappa shape index (κ3) is 6.36. The summed E-state index contributed by atoms with van der Waals surface area (Å²) in [4.78, 5) is 35.0. The van der Waals surface area contributed by atoms with Crippen molar-refractivity contribution in [2.45, 2.75) is 6.18 Å². The van der Waals surface area contributed by atoms with Crippen LogP contribution in [0.2, 0.25) is 0 Å². The van der Waals surface area contributed by atoms with Crippen molar-refractivity contribution in [3.8, 4) is 0 Å². The maximum absolute atomic E-state index is 12.9. The number of nitrogens with zero attached hydrogens (tertiary/aromatic N) is 1. The van der Waals surface area contributed by atoms with Crippen molar-refractivity contribution in [2.75, 3.05) is 10.6 Å². The third-order valence-corrected chi connectivity index (χ3v) is 4.58. The zero-order chi connectivity index (χ0) is 24.9. The van der Waals surface area contributed by atoms with Gasteiger partial charge in [0.2, 0.25) is 0 Å². The molecule has 34 heavy (non-hydrogen) atoms. The Kier molecular flexibility index (Phi) is 7.21. The highest BCUT2D eigenvalue weighted by Crippen LogP contribution is 2.30. The molecule has 0 aliphatic carbocycles. The number of nitro groups is 1. The maximum Gasteiger partial charge on any atom is 0.416 e. The average Bonchev–Trinajstić information content (AvgIpc) is 2.78. The minimum Gasteiger partial charge on any atom is -0.332 e. The number of anilines is 2. The quantitative estimate of drug-likeness (QED) is 0.265. The molecule has 0 spiro atoms. The van der Waals surface area contributed by atoms with Crippen molar-refractivity contribution in [1.29, 1.82) is 0 Å². The molecule has 0 aliphatic rings. The fourth-order valence-corrected chi connectivity index (χ4v) is 3.02. The summed E-state index contributed by atoms with van der Waals surface area (Å²) in [5.74, 6) is -1.34. The van der Waals surface area contributed by atoms with Crippen molar-refractivity contribution in [2.24, 2.45) is 0 Å². The third-order valence-electron chi connectivity index (χ3n) is 4.38. The molecule has 3 rings (SSSR count). The Bertz CT molecular complexity index is 1280. The first kappa shape index (κ1) is 24.3. The molecule has 8 nitrogen and oxygen atoms in total. The standard InChI is InChI=1S/C22H15F3N4O4S/c23-22(24,25)15-6-3-8-17(12-15)26-19(30)13-4-1-7-16(10-13)27-21(34)28-20(31)14-5-2-9-18(11-14)29(32)33/h1-12H,(H,26,30)(H2,27,28,31,34). The summed E-state index contributed by atoms with van der Waals surface area (Å²) in [6.07, 6.45) is -4.55. The number of hydrogen-bond acceptors (Lipinski definition) is 5. The zero-order valence-corrected chi connectivity index (χ0v) is 17.9. The highest BCUT2D eigenvalue weighted by molar-refractivity contribution is 7.80. The number of amides is 2. The van der Waals surface area contributed by atoms with E-state index in [1.54, 1.807) is 6.07 Å². The van der Waals surface area contributed by atoms with E-state index in [2.05, 4.69) is 16.0 Å². The number of rotatable bonds is 5. The fraction of sp³-hybridized carbons (Fsp3) is 0.0455. The molecule has 0 fully saturated rings. The smallest absolute Gasteiger partial charge is 0.332 e. The minimum atomic E-state index is -4.55. The van der Waals surface area contributed by atoms with Crippen molar-refractivity contribution < 1.29 is 27.7 Å². The molecule has 0 aliphatic heterocycles. The average molecular weight is 488 g/mol. The number of benzene rings is 3. The monoisotopic (exact) mass is 488 g/mol. The van der Waals surface area contributed by atoms with E-state index >= 15 is 0 Å². The molecular formula is C22H15F3N4O4S. The molecule has 3 aromatic rings. The lowest BCUT2D eigenvalue weighted by molar-refractivity contribution is -0.384. The summed E-state index contributed by atoms with van der Waals surface area (Å²) in [7, 11) is 0. The molecule has 174 valence electrons. The number of halogens is 3. The van der Waals surface area contributed by atoms with Gasteiger partial charge in [-0.2, -0.15) is 13.2 Å². The van der Waals surface area contributed by atoms with Crippen LogP contribution in [-0.4, -0.2) is 21.9 Å². The van der Waals surface area contributed by atoms with Crippen molar-refractivity contribution in [1.82, 2.24) is 5.32 Å². The van der Waals surface area contributed by atoms with Crippen LogP contribution < -0.4 is 16.0 Å². The molecule has 0 aromatic heterocycles. The van der Waals surface area contributed by atoms with E-state index in [0.29, 0.717) is 5.69 Å². The molecule has 0 saturated carbocycles. The predicted octanol–water partition coefficient (Wildman–Crippen LogP) is 4.99. The number of non-ortho nitro benzene ring substituents is 1. The second-order valence-corrected chi connectivity index (χ2v) is 7.24. The lowest BCUT2D eigenvalue weighted by Crippen LogP contribution is -2.34. The van der Waals surface area contributed by atoms with Gasteiger partial charge in [-0.25, -0.2) is 0 Å². The molecule has 0 unspecified atom stereocenters. The van der Waals surface area contributed by atoms with E-state index in [0.717, 1.165) is 18.2 Å². The SMILES string of the molecule is O=C(NC(=S)Nc1cccc(C(=O)Nc2cccc(C(F)(F)F)c2)c1)c1cccc([N+](=O)[O-])c1. The molecule has 0 bridgehead atoms. The first-order valence-electron chi connectivity index (χ1n) is 9.48. The lowest BCUT2D eigenvalue weighted by Gasteiger charge is -2.12. The summed E-state index contributed by atoms with van der Waals surface area (Å²) in [6.45, 7) is 0. The van der Waals surface area contributed by atoms with Crippen molar-refractivity contribution in [3.63, 3.8) is 0 Å². The van der Waals surface area contributed by atoms with Gasteiger partial charge < -0.3 is 10.6 Å². The van der Waals surface area contributed by atoms with Gasteiger partial charge >= 0.3 is 6.18 Å². The van der Waals surface area contributed by atoms with Crippen LogP contribution >= 0.6 is 12.2 Å². The van der Waals surface area contributed by atoms with Gasteiger partial charge in [0.25, 0.3) is 17.5 Å². The van der Waals surface area contributed by atoms with Crippen LogP contribution in [0.3, 0.4) is 0 Å². The maximum atomic E-state index is 12.9. The first-order valence-corrected chi connectivity index (χ1v) is 9.89. The van der Waals surface area contributed by atoms with E-state index in [1.165, 1.54) is 48.5 Å². The van der Waals surface area contributed by atoms with Crippen LogP contribution in [0.1, 0.15) is 26.3 Å². The van der Waals surface area contributed by atoms with Gasteiger partial charge in [0.15, 0.2) is 5.11 Å². The topological polar surface area (TPSA) is 113 Å². The Balaban J connectivity index is 1.65. The molecule has 3 N–H and O–H groups in total. The van der Waals surface area contributed by atoms with Gasteiger partial charge in [0, 0.05) is 34.6 Å². The molecule has 0 radical (unpaired) electrons. The molecular weight excluding hydrogens is 473 g/mol. The number of hydrogen-bond donors (Lipinski definition) is 3. The molecule has 0 atom stereocenters. The van der Waals surface area contributed by atoms with Gasteiger partial charge in [-0.3, -0.25) is 25.0 Å². The number of carbonyl (C=O) groups is 2. The Morgan fingerprint density at radius 2 is 1.41 bits per heavy atom. The highest BCUT2D eigenvalue weighted by atomic mass is 32.1.